The molecule has 1 aliphatic heterocycles. The Hall–Kier alpha value is -1.41. The highest BCUT2D eigenvalue weighted by Crippen LogP contribution is 2.35. The maximum absolute atomic E-state index is 5.55. The predicted octanol–water partition coefficient (Wildman–Crippen LogP) is 7.09. The van der Waals surface area contributed by atoms with Crippen molar-refractivity contribution < 1.29 is 0 Å². The number of hydrogen-bond acceptors (Lipinski definition) is 2. The Bertz CT molecular complexity index is 1050. The van der Waals surface area contributed by atoms with Gasteiger partial charge in [-0.05, 0) is 126 Å². The summed E-state index contributed by atoms with van der Waals surface area (Å²) in [5.74, 6) is 0.603. The third kappa shape index (κ3) is 4.74. The topological polar surface area (TPSA) is 43.1 Å². The second-order valence-corrected chi connectivity index (χ2v) is 10.1. The molecule has 4 nitrogen and oxygen atoms in total. The van der Waals surface area contributed by atoms with Gasteiger partial charge in [-0.1, -0.05) is 6.07 Å². The molecule has 3 aromatic rings. The number of anilines is 2. The van der Waals surface area contributed by atoms with Crippen molar-refractivity contribution in [3.63, 3.8) is 0 Å². The quantitative estimate of drug-likeness (QED) is 0.304. The van der Waals surface area contributed by atoms with Crippen molar-refractivity contribution in [2.24, 2.45) is 0 Å². The zero-order valence-electron chi connectivity index (χ0n) is 17.1. The molecule has 0 spiro atoms. The first-order valence-corrected chi connectivity index (χ1v) is 12.3. The minimum Gasteiger partial charge on any atom is -0.361 e. The molecule has 158 valence electrons. The fourth-order valence-corrected chi connectivity index (χ4v) is 5.13. The first-order valence-electron chi connectivity index (χ1n) is 10.3. The number of thiocarbonyl (C=S) groups is 1. The van der Waals surface area contributed by atoms with Crippen LogP contribution in [0.1, 0.15) is 38.2 Å². The predicted molar refractivity (Wildman–Crippen MR) is 139 cm³/mol. The van der Waals surface area contributed by atoms with Crippen LogP contribution in [0.5, 0.6) is 0 Å². The van der Waals surface area contributed by atoms with Gasteiger partial charge in [0.15, 0.2) is 5.11 Å². The number of hydrogen-bond donors (Lipinski definition) is 3. The Morgan fingerprint density at radius 3 is 2.63 bits per heavy atom. The molecular weight excluding hydrogens is 524 g/mol. The van der Waals surface area contributed by atoms with E-state index in [-0.39, 0.29) is 0 Å². The summed E-state index contributed by atoms with van der Waals surface area (Å²) in [5.41, 5.74) is 4.51. The third-order valence-corrected chi connectivity index (χ3v) is 8.12. The molecule has 30 heavy (non-hydrogen) atoms. The van der Waals surface area contributed by atoms with Gasteiger partial charge in [0.1, 0.15) is 0 Å². The molecule has 3 N–H and O–H groups in total. The van der Waals surface area contributed by atoms with Gasteiger partial charge in [-0.15, -0.1) is 0 Å². The van der Waals surface area contributed by atoms with Gasteiger partial charge in [-0.25, -0.2) is 0 Å². The Labute approximate surface area is 200 Å². The molecule has 0 bridgehead atoms. The molecule has 1 aromatic heterocycles. The first kappa shape index (κ1) is 21.8. The number of benzene rings is 2. The van der Waals surface area contributed by atoms with E-state index in [4.69, 9.17) is 12.2 Å². The minimum absolute atomic E-state index is 0.565. The summed E-state index contributed by atoms with van der Waals surface area (Å²) in [7, 11) is 0. The Morgan fingerprint density at radius 1 is 1.13 bits per heavy atom. The Morgan fingerprint density at radius 2 is 1.90 bits per heavy atom. The molecule has 0 atom stereocenters. The lowest BCUT2D eigenvalue weighted by Crippen LogP contribution is -2.37. The molecule has 2 aromatic carbocycles. The van der Waals surface area contributed by atoms with Crippen molar-refractivity contribution >= 4 is 71.5 Å². The summed E-state index contributed by atoms with van der Waals surface area (Å²) < 4.78 is 1.93. The minimum atomic E-state index is 0.565. The average Bonchev–Trinajstić information content (AvgIpc) is 3.14. The van der Waals surface area contributed by atoms with Gasteiger partial charge in [0, 0.05) is 33.3 Å². The van der Waals surface area contributed by atoms with Crippen LogP contribution >= 0.6 is 44.1 Å². The number of aromatic amines is 1. The number of rotatable bonds is 4. The summed E-state index contributed by atoms with van der Waals surface area (Å²) in [6, 6.07) is 13.0. The second kappa shape index (κ2) is 9.39. The van der Waals surface area contributed by atoms with Crippen LogP contribution in [0.25, 0.3) is 10.9 Å². The summed E-state index contributed by atoms with van der Waals surface area (Å²) in [6.45, 7) is 6.91. The molecule has 1 aliphatic rings. The molecular formula is C23H26Br2N4S. The van der Waals surface area contributed by atoms with E-state index in [0.717, 1.165) is 20.3 Å². The van der Waals surface area contributed by atoms with Gasteiger partial charge in [0.2, 0.25) is 0 Å². The number of nitrogens with zero attached hydrogens (tertiary/aromatic N) is 1. The van der Waals surface area contributed by atoms with E-state index in [2.05, 4.69) is 90.6 Å². The zero-order chi connectivity index (χ0) is 21.3. The van der Waals surface area contributed by atoms with Crippen molar-refractivity contribution in [2.45, 2.75) is 38.6 Å². The van der Waals surface area contributed by atoms with Crippen molar-refractivity contribution in [3.05, 3.63) is 57.1 Å². The molecule has 0 amide bonds. The smallest absolute Gasteiger partial charge is 0.175 e. The number of aromatic nitrogens is 1. The number of likely N-dealkylation sites (tertiary alicyclic amines) is 1. The lowest BCUT2D eigenvalue weighted by Gasteiger charge is -2.34. The van der Waals surface area contributed by atoms with E-state index in [1.165, 1.54) is 42.4 Å². The lowest BCUT2D eigenvalue weighted by atomic mass is 9.88. The van der Waals surface area contributed by atoms with Crippen LogP contribution in [0.2, 0.25) is 0 Å². The van der Waals surface area contributed by atoms with E-state index in [0.29, 0.717) is 17.1 Å². The van der Waals surface area contributed by atoms with E-state index < -0.39 is 0 Å². The van der Waals surface area contributed by atoms with Gasteiger partial charge in [0.25, 0.3) is 0 Å². The number of piperidine rings is 1. The van der Waals surface area contributed by atoms with Crippen LogP contribution in [-0.2, 0) is 0 Å². The van der Waals surface area contributed by atoms with Crippen LogP contribution < -0.4 is 10.6 Å². The largest absolute Gasteiger partial charge is 0.361 e. The average molecular weight is 550 g/mol. The molecule has 1 fully saturated rings. The summed E-state index contributed by atoms with van der Waals surface area (Å²) >= 11 is 12.7. The fourth-order valence-electron chi connectivity index (χ4n) is 4.17. The van der Waals surface area contributed by atoms with E-state index in [1.54, 1.807) is 0 Å². The highest BCUT2D eigenvalue weighted by atomic mass is 79.9. The SMILES string of the molecule is CC(C)N1CCC(c2c[nH]c3ccc(NC(=S)Nc4cccc(Br)c4Br)cc23)CC1. The Kier molecular flexibility index (Phi) is 6.82. The molecule has 0 radical (unpaired) electrons. The van der Waals surface area contributed by atoms with Gasteiger partial charge in [0.05, 0.1) is 10.2 Å². The summed E-state index contributed by atoms with van der Waals surface area (Å²) in [4.78, 5) is 6.02. The standard InChI is InChI=1S/C23H26Br2N4S/c1-14(2)29-10-8-15(9-11-29)18-13-26-20-7-6-16(12-17(18)20)27-23(30)28-21-5-3-4-19(24)22(21)25/h3-7,12-15,26H,8-11H2,1-2H3,(H2,27,28,30). The van der Waals surface area contributed by atoms with Crippen molar-refractivity contribution in [1.82, 2.24) is 9.88 Å². The summed E-state index contributed by atoms with van der Waals surface area (Å²) in [6.07, 6.45) is 4.61. The van der Waals surface area contributed by atoms with Crippen molar-refractivity contribution in [3.8, 4) is 0 Å². The van der Waals surface area contributed by atoms with Crippen LogP contribution in [-0.4, -0.2) is 34.1 Å². The third-order valence-electron chi connectivity index (χ3n) is 5.87. The van der Waals surface area contributed by atoms with Crippen LogP contribution in [0, 0.1) is 0 Å². The van der Waals surface area contributed by atoms with E-state index in [9.17, 15) is 0 Å². The van der Waals surface area contributed by atoms with Gasteiger partial charge in [-0.3, -0.25) is 0 Å². The number of fused-ring (bicyclic) bond motifs is 1. The fraction of sp³-hybridized carbons (Fsp3) is 0.348. The van der Waals surface area contributed by atoms with Gasteiger partial charge < -0.3 is 20.5 Å². The molecule has 0 aliphatic carbocycles. The molecule has 7 heteroatoms. The number of H-pyrrole nitrogens is 1. The highest BCUT2D eigenvalue weighted by molar-refractivity contribution is 9.13. The van der Waals surface area contributed by atoms with E-state index in [1.807, 2.05) is 18.2 Å². The van der Waals surface area contributed by atoms with Gasteiger partial charge >= 0.3 is 0 Å². The molecule has 1 saturated heterocycles. The molecule has 0 unspecified atom stereocenters. The van der Waals surface area contributed by atoms with Crippen LogP contribution in [0.4, 0.5) is 11.4 Å². The maximum Gasteiger partial charge on any atom is 0.175 e. The number of halogens is 2. The van der Waals surface area contributed by atoms with Crippen LogP contribution in [0.15, 0.2) is 51.5 Å². The van der Waals surface area contributed by atoms with Crippen molar-refractivity contribution in [1.29, 1.82) is 0 Å². The van der Waals surface area contributed by atoms with Crippen molar-refractivity contribution in [2.75, 3.05) is 23.7 Å². The highest BCUT2D eigenvalue weighted by Gasteiger charge is 2.24. The monoisotopic (exact) mass is 548 g/mol. The normalized spacial score (nSPS) is 15.6. The second-order valence-electron chi connectivity index (χ2n) is 8.09. The molecule has 2 heterocycles. The maximum atomic E-state index is 5.55. The van der Waals surface area contributed by atoms with Gasteiger partial charge in [-0.2, -0.15) is 0 Å². The molecule has 0 saturated carbocycles. The zero-order valence-corrected chi connectivity index (χ0v) is 21.1. The van der Waals surface area contributed by atoms with Crippen LogP contribution in [0.3, 0.4) is 0 Å². The molecule has 4 rings (SSSR count). The summed E-state index contributed by atoms with van der Waals surface area (Å²) in [5, 5.41) is 8.45. The Balaban J connectivity index is 1.49. The first-order chi connectivity index (χ1) is 14.4. The number of nitrogens with one attached hydrogen (secondary N) is 3. The lowest BCUT2D eigenvalue weighted by molar-refractivity contribution is 0.172. The van der Waals surface area contributed by atoms with E-state index >= 15 is 0 Å².